The van der Waals surface area contributed by atoms with Crippen molar-refractivity contribution in [2.75, 3.05) is 0 Å². The van der Waals surface area contributed by atoms with Gasteiger partial charge in [0.1, 0.15) is 6.54 Å². The summed E-state index contributed by atoms with van der Waals surface area (Å²) in [4.78, 5) is 0. The second-order valence-electron chi connectivity index (χ2n) is 5.61. The van der Waals surface area contributed by atoms with Crippen molar-refractivity contribution in [2.24, 2.45) is 0 Å². The Kier molecular flexibility index (Phi) is 12.5. The van der Waals surface area contributed by atoms with Crippen LogP contribution >= 0.6 is 0 Å². The second-order valence-corrected chi connectivity index (χ2v) is 5.61. The first-order chi connectivity index (χ1) is 9.38. The molecule has 1 aromatic rings. The van der Waals surface area contributed by atoms with Gasteiger partial charge in [0.2, 0.25) is 0 Å². The van der Waals surface area contributed by atoms with E-state index in [4.69, 9.17) is 0 Å². The third-order valence-electron chi connectivity index (χ3n) is 3.82. The molecule has 1 heterocycles. The zero-order chi connectivity index (χ0) is 13.8. The highest BCUT2D eigenvalue weighted by atomic mass is 19.0. The van der Waals surface area contributed by atoms with Crippen LogP contribution in [0.2, 0.25) is 0 Å². The van der Waals surface area contributed by atoms with Gasteiger partial charge in [0.15, 0.2) is 11.9 Å². The maximum absolute atomic E-state index is 2.46. The van der Waals surface area contributed by atoms with Crippen molar-refractivity contribution in [3.8, 4) is 0 Å². The van der Waals surface area contributed by atoms with Gasteiger partial charge in [0, 0.05) is 25.0 Å². The Morgan fingerprint density at radius 1 is 0.800 bits per heavy atom. The van der Waals surface area contributed by atoms with E-state index in [1.807, 2.05) is 0 Å². The molecule has 0 bridgehead atoms. The highest BCUT2D eigenvalue weighted by Crippen LogP contribution is 2.07. The fourth-order valence-electron chi connectivity index (χ4n) is 2.55. The predicted molar refractivity (Wildman–Crippen MR) is 83.2 cm³/mol. The molecule has 0 atom stereocenters. The standard InChI is InChI=1S/C18H32N.FH/c1-3-5-7-8-9-10-12-16-19-17-13-11-15-18(19)14-6-4-2;/h11,13,15,17H,3-10,12,14,16H2,1-2H3;1H/q+1;/p-1. The molecule has 20 heavy (non-hydrogen) atoms. The van der Waals surface area contributed by atoms with Crippen LogP contribution < -0.4 is 9.27 Å². The fourth-order valence-corrected chi connectivity index (χ4v) is 2.55. The van der Waals surface area contributed by atoms with Crippen LogP contribution in [0, 0.1) is 0 Å². The molecule has 0 fully saturated rings. The van der Waals surface area contributed by atoms with Crippen molar-refractivity contribution in [1.82, 2.24) is 0 Å². The predicted octanol–water partition coefficient (Wildman–Crippen LogP) is 2.07. The van der Waals surface area contributed by atoms with Crippen LogP contribution in [0.3, 0.4) is 0 Å². The summed E-state index contributed by atoms with van der Waals surface area (Å²) in [6, 6.07) is 6.62. The molecule has 0 saturated heterocycles. The maximum Gasteiger partial charge on any atom is 0.181 e. The minimum Gasteiger partial charge on any atom is -1.00 e. The van der Waals surface area contributed by atoms with Crippen LogP contribution in [0.1, 0.15) is 77.3 Å². The van der Waals surface area contributed by atoms with Crippen molar-refractivity contribution in [2.45, 2.75) is 84.6 Å². The van der Waals surface area contributed by atoms with Crippen molar-refractivity contribution >= 4 is 0 Å². The monoisotopic (exact) mass is 281 g/mol. The molecule has 0 radical (unpaired) electrons. The summed E-state index contributed by atoms with van der Waals surface area (Å²) < 4.78 is 2.46. The molecule has 0 aromatic carbocycles. The van der Waals surface area contributed by atoms with E-state index in [-0.39, 0.29) is 4.70 Å². The number of aromatic nitrogens is 1. The van der Waals surface area contributed by atoms with Gasteiger partial charge in [-0.15, -0.1) is 0 Å². The van der Waals surface area contributed by atoms with Gasteiger partial charge in [0.25, 0.3) is 0 Å². The Morgan fingerprint density at radius 2 is 1.45 bits per heavy atom. The minimum atomic E-state index is 0. The van der Waals surface area contributed by atoms with E-state index in [9.17, 15) is 0 Å². The third-order valence-corrected chi connectivity index (χ3v) is 3.82. The molecule has 2 heteroatoms. The van der Waals surface area contributed by atoms with Crippen molar-refractivity contribution in [3.05, 3.63) is 30.1 Å². The highest BCUT2D eigenvalue weighted by Gasteiger charge is 2.07. The summed E-state index contributed by atoms with van der Waals surface area (Å²) in [5.41, 5.74) is 1.51. The topological polar surface area (TPSA) is 3.88 Å². The number of hydrogen-bond acceptors (Lipinski definition) is 0. The van der Waals surface area contributed by atoms with E-state index in [0.29, 0.717) is 0 Å². The van der Waals surface area contributed by atoms with Gasteiger partial charge >= 0.3 is 0 Å². The lowest BCUT2D eigenvalue weighted by Crippen LogP contribution is -3.00. The average molecular weight is 281 g/mol. The van der Waals surface area contributed by atoms with E-state index >= 15 is 0 Å². The van der Waals surface area contributed by atoms with Gasteiger partial charge in [-0.25, -0.2) is 4.57 Å². The van der Waals surface area contributed by atoms with Crippen LogP contribution in [0.15, 0.2) is 24.4 Å². The first kappa shape index (κ1) is 19.1. The average Bonchev–Trinajstić information content (AvgIpc) is 2.45. The molecule has 1 aromatic heterocycles. The third kappa shape index (κ3) is 8.29. The lowest BCUT2D eigenvalue weighted by Gasteiger charge is -2.04. The fraction of sp³-hybridized carbons (Fsp3) is 0.722. The molecule has 0 aliphatic heterocycles. The van der Waals surface area contributed by atoms with E-state index in [2.05, 4.69) is 42.8 Å². The van der Waals surface area contributed by atoms with E-state index < -0.39 is 0 Å². The van der Waals surface area contributed by atoms with E-state index in [1.54, 1.807) is 0 Å². The van der Waals surface area contributed by atoms with Crippen LogP contribution in [-0.4, -0.2) is 0 Å². The lowest BCUT2D eigenvalue weighted by molar-refractivity contribution is -0.704. The molecular weight excluding hydrogens is 249 g/mol. The highest BCUT2D eigenvalue weighted by molar-refractivity contribution is 4.97. The number of nitrogens with zero attached hydrogens (tertiary/aromatic N) is 1. The van der Waals surface area contributed by atoms with E-state index in [0.717, 1.165) is 0 Å². The Hall–Kier alpha value is -0.920. The van der Waals surface area contributed by atoms with Gasteiger partial charge in [-0.3, -0.25) is 0 Å². The molecule has 1 rings (SSSR count). The summed E-state index contributed by atoms with van der Waals surface area (Å²) in [6.07, 6.45) is 15.8. The summed E-state index contributed by atoms with van der Waals surface area (Å²) >= 11 is 0. The molecule has 116 valence electrons. The quantitative estimate of drug-likeness (QED) is 0.432. The Morgan fingerprint density at radius 3 is 2.15 bits per heavy atom. The molecule has 0 unspecified atom stereocenters. The Labute approximate surface area is 124 Å². The minimum absolute atomic E-state index is 0. The smallest absolute Gasteiger partial charge is 0.181 e. The van der Waals surface area contributed by atoms with Crippen molar-refractivity contribution in [1.29, 1.82) is 0 Å². The van der Waals surface area contributed by atoms with Crippen LogP contribution in [0.25, 0.3) is 0 Å². The zero-order valence-corrected chi connectivity index (χ0v) is 13.4. The summed E-state index contributed by atoms with van der Waals surface area (Å²) in [6.45, 7) is 5.75. The number of pyridine rings is 1. The number of aryl methyl sites for hydroxylation is 2. The van der Waals surface area contributed by atoms with Crippen molar-refractivity contribution in [3.63, 3.8) is 0 Å². The number of unbranched alkanes of at least 4 members (excludes halogenated alkanes) is 7. The normalized spacial score (nSPS) is 10.3. The largest absolute Gasteiger partial charge is 1.00 e. The zero-order valence-electron chi connectivity index (χ0n) is 13.4. The van der Waals surface area contributed by atoms with Gasteiger partial charge in [0.05, 0.1) is 0 Å². The number of halogens is 1. The first-order valence-corrected chi connectivity index (χ1v) is 8.35. The molecule has 0 aliphatic rings. The van der Waals surface area contributed by atoms with Crippen LogP contribution in [-0.2, 0) is 13.0 Å². The summed E-state index contributed by atoms with van der Waals surface area (Å²) in [5, 5.41) is 0. The summed E-state index contributed by atoms with van der Waals surface area (Å²) in [5.74, 6) is 0. The molecule has 1 nitrogen and oxygen atoms in total. The molecule has 0 aliphatic carbocycles. The molecule has 0 amide bonds. The first-order valence-electron chi connectivity index (χ1n) is 8.35. The van der Waals surface area contributed by atoms with Crippen LogP contribution in [0.4, 0.5) is 0 Å². The van der Waals surface area contributed by atoms with Gasteiger partial charge < -0.3 is 4.70 Å². The maximum atomic E-state index is 2.46. The van der Waals surface area contributed by atoms with Crippen molar-refractivity contribution < 1.29 is 9.27 Å². The van der Waals surface area contributed by atoms with E-state index in [1.165, 1.54) is 76.4 Å². The van der Waals surface area contributed by atoms with Gasteiger partial charge in [-0.2, -0.15) is 0 Å². The Bertz CT molecular complexity index is 325. The Balaban J connectivity index is 0.00000361. The SMILES string of the molecule is CCCCCCCCC[n+]1ccccc1CCCC.[F-]. The molecule has 0 spiro atoms. The molecular formula is C18H32FN. The summed E-state index contributed by atoms with van der Waals surface area (Å²) in [7, 11) is 0. The van der Waals surface area contributed by atoms with Gasteiger partial charge in [-0.1, -0.05) is 58.4 Å². The molecule has 0 N–H and O–H groups in total. The lowest BCUT2D eigenvalue weighted by atomic mass is 10.1. The van der Waals surface area contributed by atoms with Gasteiger partial charge in [-0.05, 0) is 12.8 Å². The molecule has 0 saturated carbocycles. The second kappa shape index (κ2) is 13.1. The van der Waals surface area contributed by atoms with Crippen LogP contribution in [0.5, 0.6) is 0 Å². The number of hydrogen-bond donors (Lipinski definition) is 0. The number of rotatable bonds is 11.